The van der Waals surface area contributed by atoms with Crippen molar-refractivity contribution in [1.29, 1.82) is 0 Å². The molecule has 6 nitrogen and oxygen atoms in total. The number of nitrogens with two attached hydrogens (primary N) is 1. The van der Waals surface area contributed by atoms with Gasteiger partial charge in [-0.15, -0.1) is 11.3 Å². The smallest absolute Gasteiger partial charge is 0.326 e. The van der Waals surface area contributed by atoms with Gasteiger partial charge in [0.2, 0.25) is 0 Å². The second-order valence-electron chi connectivity index (χ2n) is 4.37. The molecule has 1 amide bonds. The van der Waals surface area contributed by atoms with Gasteiger partial charge in [0.05, 0.1) is 9.75 Å². The molecule has 0 aliphatic rings. The van der Waals surface area contributed by atoms with Crippen molar-refractivity contribution in [1.82, 2.24) is 5.32 Å². The molecule has 0 saturated carbocycles. The Morgan fingerprint density at radius 2 is 1.95 bits per heavy atom. The Bertz CT molecular complexity index is 498. The van der Waals surface area contributed by atoms with Gasteiger partial charge in [0, 0.05) is 0 Å². The van der Waals surface area contributed by atoms with E-state index in [1.54, 1.807) is 6.07 Å². The number of hydrogen-bond acceptors (Lipinski definition) is 5. The van der Waals surface area contributed by atoms with Gasteiger partial charge in [-0.2, -0.15) is 0 Å². The molecular weight excluding hydrogens is 280 g/mol. The molecule has 1 heterocycles. The molecule has 4 N–H and O–H groups in total. The van der Waals surface area contributed by atoms with Gasteiger partial charge in [-0.05, 0) is 44.9 Å². The lowest BCUT2D eigenvalue weighted by molar-refractivity contribution is -0.139. The Kier molecular flexibility index (Phi) is 6.33. The van der Waals surface area contributed by atoms with E-state index in [0.717, 1.165) is 11.3 Å². The van der Waals surface area contributed by atoms with Gasteiger partial charge < -0.3 is 16.2 Å². The van der Waals surface area contributed by atoms with Crippen LogP contribution in [0.4, 0.5) is 0 Å². The summed E-state index contributed by atoms with van der Waals surface area (Å²) < 4.78 is 0. The maximum atomic E-state index is 11.9. The van der Waals surface area contributed by atoms with Crippen LogP contribution in [0, 0.1) is 0 Å². The highest BCUT2D eigenvalue weighted by atomic mass is 32.1. The third kappa shape index (κ3) is 4.75. The van der Waals surface area contributed by atoms with Gasteiger partial charge in [0.25, 0.3) is 5.91 Å². The predicted octanol–water partition coefficient (Wildman–Crippen LogP) is 1.26. The molecule has 0 aromatic carbocycles. The monoisotopic (exact) mass is 298 g/mol. The van der Waals surface area contributed by atoms with Gasteiger partial charge in [0.15, 0.2) is 5.78 Å². The number of Topliss-reactive ketones (excluding diaryl/α,β-unsaturated/α-hetero) is 1. The fraction of sp³-hybridized carbons (Fsp3) is 0.462. The van der Waals surface area contributed by atoms with Gasteiger partial charge in [0.1, 0.15) is 6.04 Å². The minimum absolute atomic E-state index is 0.119. The van der Waals surface area contributed by atoms with Gasteiger partial charge in [-0.1, -0.05) is 0 Å². The molecule has 1 rings (SSSR count). The number of unbranched alkanes of at least 4 members (excludes halogenated alkanes) is 1. The number of carboxylic acid groups (broad SMARTS) is 1. The molecule has 1 atom stereocenters. The first-order valence-corrected chi connectivity index (χ1v) is 7.12. The van der Waals surface area contributed by atoms with E-state index in [1.807, 2.05) is 0 Å². The Morgan fingerprint density at radius 1 is 1.30 bits per heavy atom. The van der Waals surface area contributed by atoms with Crippen LogP contribution in [0.2, 0.25) is 0 Å². The van der Waals surface area contributed by atoms with Crippen molar-refractivity contribution in [3.05, 3.63) is 21.9 Å². The van der Waals surface area contributed by atoms with Crippen molar-refractivity contribution in [2.45, 2.75) is 32.2 Å². The standard InChI is InChI=1S/C13H18N2O4S/c1-8(16)10-5-6-11(20-10)12(17)15-9(13(18)19)4-2-3-7-14/h5-6,9H,2-4,7,14H2,1H3,(H,15,17)(H,18,19)/t9-/m0/s1. The van der Waals surface area contributed by atoms with Crippen LogP contribution in [-0.4, -0.2) is 35.4 Å². The van der Waals surface area contributed by atoms with Crippen LogP contribution >= 0.6 is 11.3 Å². The lowest BCUT2D eigenvalue weighted by Gasteiger charge is -2.13. The molecule has 0 radical (unpaired) electrons. The van der Waals surface area contributed by atoms with E-state index >= 15 is 0 Å². The summed E-state index contributed by atoms with van der Waals surface area (Å²) in [5.74, 6) is -1.66. The van der Waals surface area contributed by atoms with Crippen LogP contribution < -0.4 is 11.1 Å². The Labute approximate surface area is 121 Å². The van der Waals surface area contributed by atoms with Crippen LogP contribution in [0.1, 0.15) is 45.5 Å². The lowest BCUT2D eigenvalue weighted by Crippen LogP contribution is -2.40. The molecular formula is C13H18N2O4S. The van der Waals surface area contributed by atoms with E-state index in [1.165, 1.54) is 13.0 Å². The number of thiophene rings is 1. The number of ketones is 1. The number of aliphatic carboxylic acids is 1. The summed E-state index contributed by atoms with van der Waals surface area (Å²) in [5, 5.41) is 11.5. The molecule has 1 aromatic heterocycles. The summed E-state index contributed by atoms with van der Waals surface area (Å²) >= 11 is 1.06. The highest BCUT2D eigenvalue weighted by molar-refractivity contribution is 7.15. The zero-order valence-electron chi connectivity index (χ0n) is 11.2. The quantitative estimate of drug-likeness (QED) is 0.494. The van der Waals surface area contributed by atoms with Crippen molar-refractivity contribution in [2.24, 2.45) is 5.73 Å². The molecule has 0 unspecified atom stereocenters. The molecule has 0 aliphatic heterocycles. The van der Waals surface area contributed by atoms with Crippen LogP contribution in [0.3, 0.4) is 0 Å². The van der Waals surface area contributed by atoms with Crippen LogP contribution in [0.5, 0.6) is 0 Å². The first-order valence-electron chi connectivity index (χ1n) is 6.30. The van der Waals surface area contributed by atoms with Crippen LogP contribution in [0.25, 0.3) is 0 Å². The molecule has 0 spiro atoms. The molecule has 0 bridgehead atoms. The Hall–Kier alpha value is -1.73. The lowest BCUT2D eigenvalue weighted by atomic mass is 10.1. The fourth-order valence-electron chi connectivity index (χ4n) is 1.63. The van der Waals surface area contributed by atoms with E-state index in [2.05, 4.69) is 5.32 Å². The van der Waals surface area contributed by atoms with Gasteiger partial charge in [-0.3, -0.25) is 9.59 Å². The molecule has 0 fully saturated rings. The summed E-state index contributed by atoms with van der Waals surface area (Å²) in [6.45, 7) is 1.91. The summed E-state index contributed by atoms with van der Waals surface area (Å²) in [6, 6.07) is 2.15. The van der Waals surface area contributed by atoms with E-state index < -0.39 is 17.9 Å². The third-order valence-electron chi connectivity index (χ3n) is 2.73. The normalized spacial score (nSPS) is 11.9. The second kappa shape index (κ2) is 7.76. The number of carbonyl (C=O) groups excluding carboxylic acids is 2. The first-order chi connectivity index (χ1) is 9.45. The molecule has 1 aromatic rings. The van der Waals surface area contributed by atoms with Crippen LogP contribution in [0.15, 0.2) is 12.1 Å². The summed E-state index contributed by atoms with van der Waals surface area (Å²) in [6.07, 6.45) is 1.69. The van der Waals surface area contributed by atoms with E-state index in [4.69, 9.17) is 10.8 Å². The van der Waals surface area contributed by atoms with Crippen molar-refractivity contribution in [2.75, 3.05) is 6.54 Å². The van der Waals surface area contributed by atoms with Crippen molar-refractivity contribution < 1.29 is 19.5 Å². The number of rotatable bonds is 8. The molecule has 0 aliphatic carbocycles. The summed E-state index contributed by atoms with van der Waals surface area (Å²) in [7, 11) is 0. The molecule has 7 heteroatoms. The molecule has 110 valence electrons. The van der Waals surface area contributed by atoms with Crippen molar-refractivity contribution >= 4 is 29.0 Å². The molecule has 0 saturated heterocycles. The van der Waals surface area contributed by atoms with Gasteiger partial charge >= 0.3 is 5.97 Å². The van der Waals surface area contributed by atoms with Crippen molar-refractivity contribution in [3.8, 4) is 0 Å². The SMILES string of the molecule is CC(=O)c1ccc(C(=O)N[C@@H](CCCCN)C(=O)O)s1. The number of amides is 1. The molecule has 20 heavy (non-hydrogen) atoms. The zero-order chi connectivity index (χ0) is 15.1. The van der Waals surface area contributed by atoms with E-state index in [0.29, 0.717) is 35.6 Å². The second-order valence-corrected chi connectivity index (χ2v) is 5.45. The summed E-state index contributed by atoms with van der Waals surface area (Å²) in [5.41, 5.74) is 5.35. The first kappa shape index (κ1) is 16.3. The highest BCUT2D eigenvalue weighted by Crippen LogP contribution is 2.17. The summed E-state index contributed by atoms with van der Waals surface area (Å²) in [4.78, 5) is 35.0. The maximum Gasteiger partial charge on any atom is 0.326 e. The third-order valence-corrected chi connectivity index (χ3v) is 3.91. The van der Waals surface area contributed by atoms with Crippen molar-refractivity contribution in [3.63, 3.8) is 0 Å². The minimum atomic E-state index is -1.07. The van der Waals surface area contributed by atoms with E-state index in [-0.39, 0.29) is 5.78 Å². The average Bonchev–Trinajstić information content (AvgIpc) is 2.87. The minimum Gasteiger partial charge on any atom is -0.480 e. The predicted molar refractivity (Wildman–Crippen MR) is 76.1 cm³/mol. The Morgan fingerprint density at radius 3 is 2.45 bits per heavy atom. The number of hydrogen-bond donors (Lipinski definition) is 3. The number of carboxylic acids is 1. The average molecular weight is 298 g/mol. The number of carbonyl (C=O) groups is 3. The number of nitrogens with one attached hydrogen (secondary N) is 1. The van der Waals surface area contributed by atoms with Gasteiger partial charge in [-0.25, -0.2) is 4.79 Å². The maximum absolute atomic E-state index is 11.9. The van der Waals surface area contributed by atoms with E-state index in [9.17, 15) is 14.4 Å². The van der Waals surface area contributed by atoms with Crippen LogP contribution in [-0.2, 0) is 4.79 Å². The topological polar surface area (TPSA) is 109 Å². The fourth-order valence-corrected chi connectivity index (χ4v) is 2.43. The Balaban J connectivity index is 2.64. The highest BCUT2D eigenvalue weighted by Gasteiger charge is 2.21. The zero-order valence-corrected chi connectivity index (χ0v) is 12.0. The largest absolute Gasteiger partial charge is 0.480 e.